The fourth-order valence-electron chi connectivity index (χ4n) is 2.22. The van der Waals surface area contributed by atoms with Crippen molar-refractivity contribution < 1.29 is 0 Å². The summed E-state index contributed by atoms with van der Waals surface area (Å²) >= 11 is 1.73. The van der Waals surface area contributed by atoms with Gasteiger partial charge in [-0.3, -0.25) is 0 Å². The first kappa shape index (κ1) is 12.1. The second-order valence-electron chi connectivity index (χ2n) is 4.55. The molecule has 0 bridgehead atoms. The highest BCUT2D eigenvalue weighted by atomic mass is 32.1. The van der Waals surface area contributed by atoms with Gasteiger partial charge in [0.05, 0.1) is 6.33 Å². The normalized spacial score (nSPS) is 11.1. The maximum Gasteiger partial charge on any atom is 0.226 e. The Hall–Kier alpha value is -2.67. The summed E-state index contributed by atoms with van der Waals surface area (Å²) in [5.74, 6) is 1.24. The number of H-pyrrole nitrogens is 1. The second-order valence-corrected chi connectivity index (χ2v) is 5.49. The van der Waals surface area contributed by atoms with Crippen LogP contribution in [0.3, 0.4) is 0 Å². The van der Waals surface area contributed by atoms with Gasteiger partial charge in [-0.15, -0.1) is 11.3 Å². The van der Waals surface area contributed by atoms with Gasteiger partial charge < -0.3 is 15.6 Å². The van der Waals surface area contributed by atoms with Crippen LogP contribution in [0.2, 0.25) is 0 Å². The smallest absolute Gasteiger partial charge is 0.226 e. The van der Waals surface area contributed by atoms with Gasteiger partial charge in [-0.2, -0.15) is 9.97 Å². The van der Waals surface area contributed by atoms with Gasteiger partial charge >= 0.3 is 0 Å². The van der Waals surface area contributed by atoms with E-state index in [0.29, 0.717) is 17.4 Å². The summed E-state index contributed by atoms with van der Waals surface area (Å²) in [6, 6.07) is 8.36. The molecule has 3 N–H and O–H groups in total. The molecule has 0 fully saturated rings. The molecule has 3 heterocycles. The highest BCUT2D eigenvalue weighted by Crippen LogP contribution is 2.27. The minimum Gasteiger partial charge on any atom is -0.357 e. The third kappa shape index (κ3) is 2.07. The first-order valence-corrected chi connectivity index (χ1v) is 7.34. The van der Waals surface area contributed by atoms with Crippen molar-refractivity contribution in [3.63, 3.8) is 0 Å². The lowest BCUT2D eigenvalue weighted by Gasteiger charge is -2.08. The Kier molecular flexibility index (Phi) is 2.71. The average molecular weight is 296 g/mol. The molecule has 0 saturated carbocycles. The molecule has 21 heavy (non-hydrogen) atoms. The number of thiophene rings is 1. The summed E-state index contributed by atoms with van der Waals surface area (Å²) in [6.45, 7) is 0. The van der Waals surface area contributed by atoms with E-state index in [9.17, 15) is 0 Å². The van der Waals surface area contributed by atoms with Crippen molar-refractivity contribution in [2.75, 3.05) is 17.7 Å². The van der Waals surface area contributed by atoms with Gasteiger partial charge in [0.15, 0.2) is 11.5 Å². The number of imidazole rings is 1. The maximum absolute atomic E-state index is 4.45. The lowest BCUT2D eigenvalue weighted by atomic mass is 10.2. The molecule has 6 nitrogen and oxygen atoms in total. The van der Waals surface area contributed by atoms with Crippen LogP contribution in [0.5, 0.6) is 0 Å². The number of anilines is 3. The van der Waals surface area contributed by atoms with Crippen LogP contribution in [-0.2, 0) is 0 Å². The zero-order chi connectivity index (χ0) is 14.2. The van der Waals surface area contributed by atoms with E-state index >= 15 is 0 Å². The van der Waals surface area contributed by atoms with Crippen LogP contribution < -0.4 is 10.6 Å². The van der Waals surface area contributed by atoms with Crippen LogP contribution in [0.15, 0.2) is 36.0 Å². The highest BCUT2D eigenvalue weighted by molar-refractivity contribution is 7.17. The van der Waals surface area contributed by atoms with Crippen molar-refractivity contribution in [1.82, 2.24) is 19.9 Å². The van der Waals surface area contributed by atoms with Gasteiger partial charge in [-0.1, -0.05) is 0 Å². The van der Waals surface area contributed by atoms with Crippen LogP contribution in [0.4, 0.5) is 17.5 Å². The molecular formula is C14H12N6S. The lowest BCUT2D eigenvalue weighted by molar-refractivity contribution is 1.18. The lowest BCUT2D eigenvalue weighted by Crippen LogP contribution is -2.01. The Morgan fingerprint density at radius 2 is 2.14 bits per heavy atom. The third-order valence-electron chi connectivity index (χ3n) is 3.22. The summed E-state index contributed by atoms with van der Waals surface area (Å²) in [7, 11) is 1.79. The number of hydrogen-bond acceptors (Lipinski definition) is 6. The second kappa shape index (κ2) is 4.71. The molecule has 0 aliphatic rings. The molecule has 1 aromatic carbocycles. The number of fused-ring (bicyclic) bond motifs is 2. The Morgan fingerprint density at radius 1 is 1.19 bits per heavy atom. The molecular weight excluding hydrogens is 284 g/mol. The fraction of sp³-hybridized carbons (Fsp3) is 0.0714. The van der Waals surface area contributed by atoms with Crippen molar-refractivity contribution >= 4 is 50.0 Å². The Bertz CT molecular complexity index is 925. The van der Waals surface area contributed by atoms with Crippen LogP contribution in [0.1, 0.15) is 0 Å². The van der Waals surface area contributed by atoms with Crippen LogP contribution in [0, 0.1) is 0 Å². The van der Waals surface area contributed by atoms with E-state index in [0.717, 1.165) is 11.2 Å². The van der Waals surface area contributed by atoms with E-state index < -0.39 is 0 Å². The molecule has 0 aliphatic carbocycles. The average Bonchev–Trinajstić information content (AvgIpc) is 3.14. The van der Waals surface area contributed by atoms with Crippen LogP contribution in [0.25, 0.3) is 21.3 Å². The molecule has 0 radical (unpaired) electrons. The number of rotatable bonds is 3. The molecule has 0 spiro atoms. The number of hydrogen-bond donors (Lipinski definition) is 3. The standard InChI is InChI=1S/C14H12N6S/c1-15-14-19-12-11(16-7-17-12)13(20-14)18-9-2-3-10-8(6-9)4-5-21-10/h2-7H,1H3,(H3,15,16,17,18,19,20). The van der Waals surface area contributed by atoms with Gasteiger partial charge in [0.1, 0.15) is 5.52 Å². The van der Waals surface area contributed by atoms with Gasteiger partial charge in [-0.25, -0.2) is 4.98 Å². The number of nitrogens with zero attached hydrogens (tertiary/aromatic N) is 3. The van der Waals surface area contributed by atoms with Crippen molar-refractivity contribution in [3.8, 4) is 0 Å². The van der Waals surface area contributed by atoms with Crippen molar-refractivity contribution in [3.05, 3.63) is 36.0 Å². The van der Waals surface area contributed by atoms with E-state index in [1.165, 1.54) is 10.1 Å². The maximum atomic E-state index is 4.45. The molecule has 0 aliphatic heterocycles. The molecule has 4 rings (SSSR count). The van der Waals surface area contributed by atoms with Crippen molar-refractivity contribution in [1.29, 1.82) is 0 Å². The van der Waals surface area contributed by atoms with Gasteiger partial charge in [-0.05, 0) is 35.0 Å². The predicted octanol–water partition coefficient (Wildman–Crippen LogP) is 3.35. The first-order valence-electron chi connectivity index (χ1n) is 6.46. The number of nitrogens with one attached hydrogen (secondary N) is 3. The quantitative estimate of drug-likeness (QED) is 0.540. The summed E-state index contributed by atoms with van der Waals surface area (Å²) in [6.07, 6.45) is 1.62. The monoisotopic (exact) mass is 296 g/mol. The molecule has 104 valence electrons. The summed E-state index contributed by atoms with van der Waals surface area (Å²) < 4.78 is 1.27. The molecule has 4 aromatic rings. The number of benzene rings is 1. The van der Waals surface area contributed by atoms with E-state index in [1.807, 2.05) is 6.07 Å². The molecule has 3 aromatic heterocycles. The SMILES string of the molecule is CNc1nc(Nc2ccc3sccc3c2)c2[nH]cnc2n1. The van der Waals surface area contributed by atoms with E-state index in [2.05, 4.69) is 54.1 Å². The van der Waals surface area contributed by atoms with Crippen LogP contribution >= 0.6 is 11.3 Å². The van der Waals surface area contributed by atoms with Gasteiger partial charge in [0, 0.05) is 17.4 Å². The van der Waals surface area contributed by atoms with Crippen molar-refractivity contribution in [2.45, 2.75) is 0 Å². The topological polar surface area (TPSA) is 78.5 Å². The van der Waals surface area contributed by atoms with E-state index in [1.54, 1.807) is 24.7 Å². The zero-order valence-corrected chi connectivity index (χ0v) is 12.0. The first-order chi connectivity index (χ1) is 10.3. The molecule has 0 amide bonds. The number of aromatic nitrogens is 4. The van der Waals surface area contributed by atoms with Crippen molar-refractivity contribution in [2.24, 2.45) is 0 Å². The van der Waals surface area contributed by atoms with E-state index in [4.69, 9.17) is 0 Å². The third-order valence-corrected chi connectivity index (χ3v) is 4.12. The Labute approximate surface area is 124 Å². The van der Waals surface area contributed by atoms with Gasteiger partial charge in [0.25, 0.3) is 0 Å². The largest absolute Gasteiger partial charge is 0.357 e. The highest BCUT2D eigenvalue weighted by Gasteiger charge is 2.09. The summed E-state index contributed by atoms with van der Waals surface area (Å²) in [5.41, 5.74) is 2.41. The minimum absolute atomic E-state index is 0.536. The molecule has 7 heteroatoms. The van der Waals surface area contributed by atoms with Crippen LogP contribution in [-0.4, -0.2) is 27.0 Å². The van der Waals surface area contributed by atoms with Gasteiger partial charge in [0.2, 0.25) is 5.95 Å². The zero-order valence-electron chi connectivity index (χ0n) is 11.2. The molecule has 0 saturated heterocycles. The Morgan fingerprint density at radius 3 is 3.05 bits per heavy atom. The summed E-state index contributed by atoms with van der Waals surface area (Å²) in [4.78, 5) is 16.0. The predicted molar refractivity (Wildman–Crippen MR) is 86.3 cm³/mol. The summed E-state index contributed by atoms with van der Waals surface area (Å²) in [5, 5.41) is 9.58. The van der Waals surface area contributed by atoms with E-state index in [-0.39, 0.29) is 0 Å². The number of aromatic amines is 1. The molecule has 0 atom stereocenters. The fourth-order valence-corrected chi connectivity index (χ4v) is 2.99. The minimum atomic E-state index is 0.536. The molecule has 0 unspecified atom stereocenters. The Balaban J connectivity index is 1.80.